The molecule has 3 rings (SSSR count). The Bertz CT molecular complexity index is 763. The lowest BCUT2D eigenvalue weighted by Crippen LogP contribution is -2.12. The van der Waals surface area contributed by atoms with E-state index in [1.165, 1.54) is 54.9 Å². The standard InChI is InChI=1S/C18H16ClF2NOS/c19-14-10-12(6-8-15(14)20)22-18(23)11-5-7-16(21)17(9-11)24-13-3-1-2-4-13/h5-10,13H,1-4H2,(H,22,23). The van der Waals surface area contributed by atoms with Gasteiger partial charge in [-0.3, -0.25) is 4.79 Å². The highest BCUT2D eigenvalue weighted by Gasteiger charge is 2.19. The average molecular weight is 368 g/mol. The van der Waals surface area contributed by atoms with Crippen molar-refractivity contribution in [2.75, 3.05) is 5.32 Å². The van der Waals surface area contributed by atoms with E-state index >= 15 is 0 Å². The van der Waals surface area contributed by atoms with Gasteiger partial charge in [0.15, 0.2) is 0 Å². The smallest absolute Gasteiger partial charge is 0.255 e. The van der Waals surface area contributed by atoms with Crippen LogP contribution in [0.15, 0.2) is 41.3 Å². The third-order valence-corrected chi connectivity index (χ3v) is 5.63. The van der Waals surface area contributed by atoms with Crippen LogP contribution in [-0.4, -0.2) is 11.2 Å². The van der Waals surface area contributed by atoms with Crippen molar-refractivity contribution in [1.82, 2.24) is 0 Å². The molecule has 0 spiro atoms. The monoisotopic (exact) mass is 367 g/mol. The zero-order chi connectivity index (χ0) is 17.1. The number of benzene rings is 2. The van der Waals surface area contributed by atoms with Gasteiger partial charge in [-0.05, 0) is 49.2 Å². The molecule has 0 atom stereocenters. The maximum absolute atomic E-state index is 14.0. The average Bonchev–Trinajstić information content (AvgIpc) is 3.06. The maximum atomic E-state index is 14.0. The lowest BCUT2D eigenvalue weighted by atomic mass is 10.2. The zero-order valence-electron chi connectivity index (χ0n) is 12.8. The van der Waals surface area contributed by atoms with Crippen LogP contribution in [0.3, 0.4) is 0 Å². The van der Waals surface area contributed by atoms with E-state index in [0.717, 1.165) is 12.8 Å². The van der Waals surface area contributed by atoms with Crippen LogP contribution in [0.5, 0.6) is 0 Å². The van der Waals surface area contributed by atoms with Crippen LogP contribution < -0.4 is 5.32 Å². The van der Waals surface area contributed by atoms with Crippen LogP contribution in [0.4, 0.5) is 14.5 Å². The highest BCUT2D eigenvalue weighted by molar-refractivity contribution is 8.00. The molecule has 1 aliphatic rings. The fraction of sp³-hybridized carbons (Fsp3) is 0.278. The molecule has 0 saturated heterocycles. The molecule has 0 heterocycles. The molecule has 1 aliphatic carbocycles. The second-order valence-corrected chi connectivity index (χ2v) is 7.50. The lowest BCUT2D eigenvalue weighted by molar-refractivity contribution is 0.102. The Hall–Kier alpha value is -1.59. The van der Waals surface area contributed by atoms with Crippen molar-refractivity contribution in [2.24, 2.45) is 0 Å². The molecule has 2 nitrogen and oxygen atoms in total. The molecule has 126 valence electrons. The summed E-state index contributed by atoms with van der Waals surface area (Å²) in [5.41, 5.74) is 0.748. The normalized spacial score (nSPS) is 14.8. The number of rotatable bonds is 4. The van der Waals surface area contributed by atoms with E-state index in [1.807, 2.05) is 0 Å². The van der Waals surface area contributed by atoms with Gasteiger partial charge in [0, 0.05) is 21.4 Å². The van der Waals surface area contributed by atoms with Crippen molar-refractivity contribution in [3.05, 3.63) is 58.6 Å². The molecule has 0 aliphatic heterocycles. The summed E-state index contributed by atoms with van der Waals surface area (Å²) in [7, 11) is 0. The summed E-state index contributed by atoms with van der Waals surface area (Å²) in [6.07, 6.45) is 4.50. The molecule has 6 heteroatoms. The Kier molecular flexibility index (Phi) is 5.41. The largest absolute Gasteiger partial charge is 0.322 e. The SMILES string of the molecule is O=C(Nc1ccc(F)c(Cl)c1)c1ccc(F)c(SC2CCCC2)c1. The Morgan fingerprint density at radius 2 is 1.79 bits per heavy atom. The molecule has 1 N–H and O–H groups in total. The third-order valence-electron chi connectivity index (χ3n) is 3.97. The molecule has 0 bridgehead atoms. The molecule has 2 aromatic carbocycles. The number of thioether (sulfide) groups is 1. The summed E-state index contributed by atoms with van der Waals surface area (Å²) in [5.74, 6) is -1.24. The number of halogens is 3. The summed E-state index contributed by atoms with van der Waals surface area (Å²) in [5, 5.41) is 2.99. The molecule has 24 heavy (non-hydrogen) atoms. The van der Waals surface area contributed by atoms with E-state index < -0.39 is 5.82 Å². The van der Waals surface area contributed by atoms with Gasteiger partial charge in [-0.15, -0.1) is 11.8 Å². The summed E-state index contributed by atoms with van der Waals surface area (Å²) < 4.78 is 27.2. The molecule has 0 radical (unpaired) electrons. The van der Waals surface area contributed by atoms with E-state index in [2.05, 4.69) is 5.32 Å². The lowest BCUT2D eigenvalue weighted by Gasteiger charge is -2.11. The van der Waals surface area contributed by atoms with Crippen molar-refractivity contribution in [2.45, 2.75) is 35.8 Å². The molecular formula is C18H16ClF2NOS. The van der Waals surface area contributed by atoms with Gasteiger partial charge in [0.05, 0.1) is 5.02 Å². The molecule has 2 aromatic rings. The van der Waals surface area contributed by atoms with Gasteiger partial charge in [-0.25, -0.2) is 8.78 Å². The van der Waals surface area contributed by atoms with Crippen LogP contribution in [0, 0.1) is 11.6 Å². The number of nitrogens with one attached hydrogen (secondary N) is 1. The van der Waals surface area contributed by atoms with Crippen LogP contribution >= 0.6 is 23.4 Å². The van der Waals surface area contributed by atoms with Gasteiger partial charge >= 0.3 is 0 Å². The Balaban J connectivity index is 1.75. The van der Waals surface area contributed by atoms with Crippen molar-refractivity contribution in [1.29, 1.82) is 0 Å². The first kappa shape index (κ1) is 17.2. The summed E-state index contributed by atoms with van der Waals surface area (Å²) >= 11 is 7.20. The van der Waals surface area contributed by atoms with Gasteiger partial charge in [0.2, 0.25) is 0 Å². The van der Waals surface area contributed by atoms with Gasteiger partial charge in [-0.2, -0.15) is 0 Å². The summed E-state index contributed by atoms with van der Waals surface area (Å²) in [6.45, 7) is 0. The van der Waals surface area contributed by atoms with E-state index in [1.54, 1.807) is 6.07 Å². The number of hydrogen-bond donors (Lipinski definition) is 1. The number of carbonyl (C=O) groups is 1. The number of anilines is 1. The van der Waals surface area contributed by atoms with E-state index in [4.69, 9.17) is 11.6 Å². The number of amides is 1. The van der Waals surface area contributed by atoms with Crippen LogP contribution in [-0.2, 0) is 0 Å². The van der Waals surface area contributed by atoms with E-state index in [-0.39, 0.29) is 16.7 Å². The molecule has 1 amide bonds. The molecule has 0 unspecified atom stereocenters. The van der Waals surface area contributed by atoms with Crippen molar-refractivity contribution < 1.29 is 13.6 Å². The fourth-order valence-electron chi connectivity index (χ4n) is 2.70. The minimum Gasteiger partial charge on any atom is -0.322 e. The van der Waals surface area contributed by atoms with E-state index in [9.17, 15) is 13.6 Å². The van der Waals surface area contributed by atoms with Gasteiger partial charge in [0.1, 0.15) is 11.6 Å². The molecule has 1 fully saturated rings. The molecule has 0 aromatic heterocycles. The third kappa shape index (κ3) is 4.08. The Morgan fingerprint density at radius 3 is 2.50 bits per heavy atom. The number of carbonyl (C=O) groups excluding carboxylic acids is 1. The predicted octanol–water partition coefficient (Wildman–Crippen LogP) is 5.91. The maximum Gasteiger partial charge on any atom is 0.255 e. The van der Waals surface area contributed by atoms with Gasteiger partial charge in [-0.1, -0.05) is 24.4 Å². The Labute approximate surface area is 148 Å². The highest BCUT2D eigenvalue weighted by Crippen LogP contribution is 2.36. The van der Waals surface area contributed by atoms with Crippen LogP contribution in [0.25, 0.3) is 0 Å². The zero-order valence-corrected chi connectivity index (χ0v) is 14.4. The summed E-state index contributed by atoms with van der Waals surface area (Å²) in [4.78, 5) is 12.8. The predicted molar refractivity (Wildman–Crippen MR) is 93.9 cm³/mol. The van der Waals surface area contributed by atoms with Gasteiger partial charge in [0.25, 0.3) is 5.91 Å². The van der Waals surface area contributed by atoms with Crippen molar-refractivity contribution in [3.63, 3.8) is 0 Å². The molecule has 1 saturated carbocycles. The van der Waals surface area contributed by atoms with Crippen LogP contribution in [0.2, 0.25) is 5.02 Å². The quantitative estimate of drug-likeness (QED) is 0.728. The second-order valence-electron chi connectivity index (χ2n) is 5.75. The second kappa shape index (κ2) is 7.53. The first-order valence-electron chi connectivity index (χ1n) is 7.75. The minimum atomic E-state index is -0.549. The van der Waals surface area contributed by atoms with Crippen LogP contribution in [0.1, 0.15) is 36.0 Å². The topological polar surface area (TPSA) is 29.1 Å². The first-order valence-corrected chi connectivity index (χ1v) is 9.01. The minimum absolute atomic E-state index is 0.0654. The Morgan fingerprint density at radius 1 is 1.08 bits per heavy atom. The number of hydrogen-bond acceptors (Lipinski definition) is 2. The first-order chi connectivity index (χ1) is 11.5. The van der Waals surface area contributed by atoms with Crippen molar-refractivity contribution in [3.8, 4) is 0 Å². The van der Waals surface area contributed by atoms with Gasteiger partial charge < -0.3 is 5.32 Å². The van der Waals surface area contributed by atoms with Crippen molar-refractivity contribution >= 4 is 35.0 Å². The highest BCUT2D eigenvalue weighted by atomic mass is 35.5. The molecular weight excluding hydrogens is 352 g/mol. The summed E-state index contributed by atoms with van der Waals surface area (Å²) in [6, 6.07) is 8.27. The fourth-order valence-corrected chi connectivity index (χ4v) is 4.18. The van der Waals surface area contributed by atoms with E-state index in [0.29, 0.717) is 21.4 Å².